The van der Waals surface area contributed by atoms with E-state index < -0.39 is 0 Å². The summed E-state index contributed by atoms with van der Waals surface area (Å²) in [4.78, 5) is 11.9. The second-order valence-corrected chi connectivity index (χ2v) is 7.72. The average Bonchev–Trinajstić information content (AvgIpc) is 3.17. The molecule has 4 nitrogen and oxygen atoms in total. The summed E-state index contributed by atoms with van der Waals surface area (Å²) in [6.45, 7) is 4.37. The van der Waals surface area contributed by atoms with Crippen LogP contribution in [0, 0.1) is 6.92 Å². The Morgan fingerprint density at radius 2 is 2.04 bits per heavy atom. The van der Waals surface area contributed by atoms with Gasteiger partial charge in [-0.1, -0.05) is 37.3 Å². The van der Waals surface area contributed by atoms with Gasteiger partial charge in [-0.15, -0.1) is 16.4 Å². The fraction of sp³-hybridized carbons (Fsp3) is 0.316. The molecule has 1 fully saturated rings. The van der Waals surface area contributed by atoms with Gasteiger partial charge < -0.3 is 0 Å². The highest BCUT2D eigenvalue weighted by Crippen LogP contribution is 2.53. The molecule has 1 saturated carbocycles. The molecule has 120 valence electrons. The first kappa shape index (κ1) is 14.1. The van der Waals surface area contributed by atoms with Gasteiger partial charge >= 0.3 is 0 Å². The molecule has 2 atom stereocenters. The summed E-state index contributed by atoms with van der Waals surface area (Å²) < 4.78 is 1.86. The van der Waals surface area contributed by atoms with Crippen molar-refractivity contribution in [3.05, 3.63) is 58.5 Å². The Morgan fingerprint density at radius 3 is 2.83 bits per heavy atom. The number of hydrogen-bond donors (Lipinski definition) is 0. The maximum Gasteiger partial charge on any atom is 0.167 e. The lowest BCUT2D eigenvalue weighted by Crippen LogP contribution is -1.91. The largest absolute Gasteiger partial charge is 0.225 e. The van der Waals surface area contributed by atoms with Gasteiger partial charge in [0.1, 0.15) is 11.2 Å². The minimum atomic E-state index is 0.437. The second-order valence-electron chi connectivity index (χ2n) is 6.51. The maximum atomic E-state index is 4.92. The summed E-state index contributed by atoms with van der Waals surface area (Å²) in [6, 6.07) is 10.7. The van der Waals surface area contributed by atoms with Crippen molar-refractivity contribution in [2.24, 2.45) is 0 Å². The quantitative estimate of drug-likeness (QED) is 0.555. The van der Waals surface area contributed by atoms with E-state index in [9.17, 15) is 0 Å². The minimum Gasteiger partial charge on any atom is -0.225 e. The Bertz CT molecular complexity index is 1050. The molecule has 5 heteroatoms. The van der Waals surface area contributed by atoms with Crippen molar-refractivity contribution in [2.75, 3.05) is 0 Å². The van der Waals surface area contributed by atoms with E-state index in [1.54, 1.807) is 11.3 Å². The van der Waals surface area contributed by atoms with E-state index in [2.05, 4.69) is 49.2 Å². The van der Waals surface area contributed by atoms with Crippen LogP contribution >= 0.6 is 11.3 Å². The first-order valence-electron chi connectivity index (χ1n) is 8.44. The summed E-state index contributed by atoms with van der Waals surface area (Å²) >= 11 is 1.76. The first-order valence-corrected chi connectivity index (χ1v) is 9.26. The predicted octanol–water partition coefficient (Wildman–Crippen LogP) is 4.48. The molecule has 3 heterocycles. The van der Waals surface area contributed by atoms with Gasteiger partial charge in [-0.3, -0.25) is 0 Å². The molecule has 0 aliphatic heterocycles. The van der Waals surface area contributed by atoms with Gasteiger partial charge in [0, 0.05) is 10.8 Å². The number of benzene rings is 1. The molecule has 0 unspecified atom stereocenters. The fourth-order valence-electron chi connectivity index (χ4n) is 3.71. The van der Waals surface area contributed by atoms with Crippen molar-refractivity contribution in [3.63, 3.8) is 0 Å². The summed E-state index contributed by atoms with van der Waals surface area (Å²) in [5, 5.41) is 5.93. The Balaban J connectivity index is 1.61. The van der Waals surface area contributed by atoms with Crippen molar-refractivity contribution >= 4 is 27.2 Å². The van der Waals surface area contributed by atoms with Gasteiger partial charge in [0.15, 0.2) is 11.5 Å². The van der Waals surface area contributed by atoms with E-state index >= 15 is 0 Å². The minimum absolute atomic E-state index is 0.437. The Hall–Kier alpha value is -2.27. The lowest BCUT2D eigenvalue weighted by atomic mass is 10.1. The molecule has 1 aliphatic rings. The van der Waals surface area contributed by atoms with Crippen LogP contribution < -0.4 is 0 Å². The third kappa shape index (κ3) is 2.01. The van der Waals surface area contributed by atoms with Crippen molar-refractivity contribution in [3.8, 4) is 0 Å². The first-order chi connectivity index (χ1) is 11.8. The Labute approximate surface area is 144 Å². The molecule has 0 saturated heterocycles. The molecule has 1 aromatic carbocycles. The summed E-state index contributed by atoms with van der Waals surface area (Å²) in [5.41, 5.74) is 3.72. The highest BCUT2D eigenvalue weighted by atomic mass is 32.1. The van der Waals surface area contributed by atoms with Crippen LogP contribution in [0.1, 0.15) is 47.0 Å². The molecular formula is C19H18N4S. The van der Waals surface area contributed by atoms with E-state index in [0.717, 1.165) is 29.1 Å². The van der Waals surface area contributed by atoms with Crippen LogP contribution in [-0.4, -0.2) is 19.6 Å². The molecule has 3 aromatic heterocycles. The van der Waals surface area contributed by atoms with Crippen LogP contribution in [0.2, 0.25) is 0 Å². The van der Waals surface area contributed by atoms with E-state index in [1.807, 2.05) is 10.8 Å². The van der Waals surface area contributed by atoms with Gasteiger partial charge in [-0.25, -0.2) is 14.5 Å². The van der Waals surface area contributed by atoms with Crippen LogP contribution in [0.15, 0.2) is 36.7 Å². The fourth-order valence-corrected chi connectivity index (χ4v) is 4.79. The SMILES string of the molecule is CCc1c(C)sc2ncn3nc([C@H]4C[C@@H]4c4ccccc4)nc3c12. The summed E-state index contributed by atoms with van der Waals surface area (Å²) in [7, 11) is 0. The molecule has 1 aliphatic carbocycles. The Kier molecular flexibility index (Phi) is 3.00. The molecule has 0 spiro atoms. The molecular weight excluding hydrogens is 316 g/mol. The number of nitrogens with zero attached hydrogens (tertiary/aromatic N) is 4. The highest BCUT2D eigenvalue weighted by molar-refractivity contribution is 7.18. The number of fused-ring (bicyclic) bond motifs is 3. The zero-order valence-electron chi connectivity index (χ0n) is 13.7. The van der Waals surface area contributed by atoms with E-state index in [4.69, 9.17) is 10.1 Å². The number of rotatable bonds is 3. The molecule has 4 aromatic rings. The standard InChI is InChI=1S/C19H18N4S/c1-3-13-11(2)24-19-16(13)18-21-17(22-23(18)10-20-19)15-9-14(15)12-7-5-4-6-8-12/h4-8,10,14-15H,3,9H2,1-2H3/t14-,15+/m1/s1. The molecule has 24 heavy (non-hydrogen) atoms. The van der Waals surface area contributed by atoms with Crippen molar-refractivity contribution in [1.82, 2.24) is 19.6 Å². The normalized spacial score (nSPS) is 20.1. The van der Waals surface area contributed by atoms with Gasteiger partial charge in [-0.05, 0) is 36.8 Å². The number of aromatic nitrogens is 4. The van der Waals surface area contributed by atoms with Gasteiger partial charge in [0.25, 0.3) is 0 Å². The smallest absolute Gasteiger partial charge is 0.167 e. The molecule has 0 amide bonds. The predicted molar refractivity (Wildman–Crippen MR) is 96.8 cm³/mol. The topological polar surface area (TPSA) is 43.1 Å². The summed E-state index contributed by atoms with van der Waals surface area (Å²) in [5.74, 6) is 1.96. The van der Waals surface area contributed by atoms with E-state index in [0.29, 0.717) is 11.8 Å². The molecule has 0 N–H and O–H groups in total. The third-order valence-electron chi connectivity index (χ3n) is 5.05. The summed E-state index contributed by atoms with van der Waals surface area (Å²) in [6.07, 6.45) is 3.95. The number of hydrogen-bond acceptors (Lipinski definition) is 4. The number of aryl methyl sites for hydroxylation is 2. The van der Waals surface area contributed by atoms with Gasteiger partial charge in [-0.2, -0.15) is 0 Å². The van der Waals surface area contributed by atoms with Crippen molar-refractivity contribution in [1.29, 1.82) is 0 Å². The zero-order valence-corrected chi connectivity index (χ0v) is 14.5. The van der Waals surface area contributed by atoms with E-state index in [1.165, 1.54) is 21.4 Å². The average molecular weight is 334 g/mol. The van der Waals surface area contributed by atoms with Crippen LogP contribution in [0.3, 0.4) is 0 Å². The Morgan fingerprint density at radius 1 is 1.21 bits per heavy atom. The number of thiophene rings is 1. The van der Waals surface area contributed by atoms with Crippen LogP contribution in [0.4, 0.5) is 0 Å². The van der Waals surface area contributed by atoms with Crippen LogP contribution in [0.25, 0.3) is 15.9 Å². The zero-order chi connectivity index (χ0) is 16.3. The van der Waals surface area contributed by atoms with E-state index in [-0.39, 0.29) is 0 Å². The molecule has 0 radical (unpaired) electrons. The van der Waals surface area contributed by atoms with Gasteiger partial charge in [0.2, 0.25) is 0 Å². The van der Waals surface area contributed by atoms with Gasteiger partial charge in [0.05, 0.1) is 5.39 Å². The third-order valence-corrected chi connectivity index (χ3v) is 6.10. The van der Waals surface area contributed by atoms with Crippen LogP contribution in [-0.2, 0) is 6.42 Å². The lowest BCUT2D eigenvalue weighted by molar-refractivity contribution is 0.850. The molecule has 5 rings (SSSR count). The second kappa shape index (κ2) is 5.11. The van der Waals surface area contributed by atoms with Crippen molar-refractivity contribution < 1.29 is 0 Å². The lowest BCUT2D eigenvalue weighted by Gasteiger charge is -1.96. The molecule has 0 bridgehead atoms. The monoisotopic (exact) mass is 334 g/mol. The van der Waals surface area contributed by atoms with Crippen LogP contribution in [0.5, 0.6) is 0 Å². The maximum absolute atomic E-state index is 4.92. The highest BCUT2D eigenvalue weighted by Gasteiger charge is 2.42. The van der Waals surface area contributed by atoms with Crippen molar-refractivity contribution in [2.45, 2.75) is 38.5 Å².